The quantitative estimate of drug-likeness (QED) is 0.917. The van der Waals surface area contributed by atoms with Gasteiger partial charge in [0.25, 0.3) is 5.91 Å². The van der Waals surface area contributed by atoms with Crippen molar-refractivity contribution in [3.05, 3.63) is 52.2 Å². The molecule has 0 bridgehead atoms. The SMILES string of the molecule is COc1cccc(C(=O)NCC2(c3cccs3)CC2)c1. The largest absolute Gasteiger partial charge is 0.497 e. The van der Waals surface area contributed by atoms with Gasteiger partial charge >= 0.3 is 0 Å². The third kappa shape index (κ3) is 2.56. The molecule has 3 nitrogen and oxygen atoms in total. The summed E-state index contributed by atoms with van der Waals surface area (Å²) in [4.78, 5) is 13.6. The van der Waals surface area contributed by atoms with Crippen molar-refractivity contribution < 1.29 is 9.53 Å². The molecule has 1 aromatic carbocycles. The van der Waals surface area contributed by atoms with Crippen LogP contribution in [0.1, 0.15) is 28.1 Å². The monoisotopic (exact) mass is 287 g/mol. The van der Waals surface area contributed by atoms with Crippen molar-refractivity contribution in [1.82, 2.24) is 5.32 Å². The van der Waals surface area contributed by atoms with Gasteiger partial charge < -0.3 is 10.1 Å². The van der Waals surface area contributed by atoms with Gasteiger partial charge in [0, 0.05) is 22.4 Å². The lowest BCUT2D eigenvalue weighted by Gasteiger charge is -2.14. The predicted molar refractivity (Wildman–Crippen MR) is 80.6 cm³/mol. The van der Waals surface area contributed by atoms with Crippen LogP contribution in [0.25, 0.3) is 0 Å². The summed E-state index contributed by atoms with van der Waals surface area (Å²) in [6, 6.07) is 11.5. The summed E-state index contributed by atoms with van der Waals surface area (Å²) < 4.78 is 5.14. The lowest BCUT2D eigenvalue weighted by Crippen LogP contribution is -2.31. The van der Waals surface area contributed by atoms with E-state index in [1.165, 1.54) is 4.88 Å². The van der Waals surface area contributed by atoms with E-state index in [9.17, 15) is 4.79 Å². The number of rotatable bonds is 5. The second kappa shape index (κ2) is 5.29. The molecule has 1 fully saturated rings. The van der Waals surface area contributed by atoms with Gasteiger partial charge in [-0.25, -0.2) is 0 Å². The summed E-state index contributed by atoms with van der Waals surface area (Å²) in [6.07, 6.45) is 2.32. The molecule has 0 aliphatic heterocycles. The van der Waals surface area contributed by atoms with Crippen molar-refractivity contribution in [3.63, 3.8) is 0 Å². The molecule has 0 spiro atoms. The minimum atomic E-state index is -0.0354. The molecule has 0 saturated heterocycles. The highest BCUT2D eigenvalue weighted by molar-refractivity contribution is 7.10. The summed E-state index contributed by atoms with van der Waals surface area (Å²) in [5, 5.41) is 5.15. The lowest BCUT2D eigenvalue weighted by atomic mass is 10.1. The number of ether oxygens (including phenoxy) is 1. The van der Waals surface area contributed by atoms with Gasteiger partial charge in [-0.05, 0) is 42.5 Å². The Morgan fingerprint density at radius 2 is 2.20 bits per heavy atom. The molecule has 3 rings (SSSR count). The normalized spacial score (nSPS) is 15.7. The van der Waals surface area contributed by atoms with Crippen LogP contribution in [-0.4, -0.2) is 19.6 Å². The number of carbonyl (C=O) groups excluding carboxylic acids is 1. The third-order valence-electron chi connectivity index (χ3n) is 3.82. The number of carbonyl (C=O) groups is 1. The minimum Gasteiger partial charge on any atom is -0.497 e. The molecule has 2 aromatic rings. The van der Waals surface area contributed by atoms with E-state index in [-0.39, 0.29) is 11.3 Å². The first-order valence-electron chi connectivity index (χ1n) is 6.70. The van der Waals surface area contributed by atoms with Crippen molar-refractivity contribution in [3.8, 4) is 5.75 Å². The molecular formula is C16H17NO2S. The number of benzene rings is 1. The standard InChI is InChI=1S/C16H17NO2S/c1-19-13-5-2-4-12(10-13)15(18)17-11-16(7-8-16)14-6-3-9-20-14/h2-6,9-10H,7-8,11H2,1H3,(H,17,18). The second-order valence-corrected chi connectivity index (χ2v) is 6.12. The maximum absolute atomic E-state index is 12.2. The highest BCUT2D eigenvalue weighted by atomic mass is 32.1. The number of amides is 1. The molecule has 1 aromatic heterocycles. The van der Waals surface area contributed by atoms with Crippen LogP contribution in [0.5, 0.6) is 5.75 Å². The van der Waals surface area contributed by atoms with Crippen molar-refractivity contribution in [2.45, 2.75) is 18.3 Å². The van der Waals surface area contributed by atoms with E-state index in [2.05, 4.69) is 22.8 Å². The van der Waals surface area contributed by atoms with Gasteiger partial charge in [0.15, 0.2) is 0 Å². The molecule has 0 atom stereocenters. The topological polar surface area (TPSA) is 38.3 Å². The molecule has 4 heteroatoms. The first-order chi connectivity index (χ1) is 9.73. The van der Waals surface area contributed by atoms with E-state index in [0.29, 0.717) is 17.9 Å². The fourth-order valence-corrected chi connectivity index (χ4v) is 3.34. The smallest absolute Gasteiger partial charge is 0.251 e. The summed E-state index contributed by atoms with van der Waals surface area (Å²) in [7, 11) is 1.60. The van der Waals surface area contributed by atoms with Crippen LogP contribution in [0.3, 0.4) is 0 Å². The van der Waals surface area contributed by atoms with Crippen LogP contribution in [0.4, 0.5) is 0 Å². The van der Waals surface area contributed by atoms with E-state index < -0.39 is 0 Å². The molecular weight excluding hydrogens is 270 g/mol. The zero-order valence-electron chi connectivity index (χ0n) is 11.4. The Hall–Kier alpha value is -1.81. The van der Waals surface area contributed by atoms with Crippen molar-refractivity contribution in [2.75, 3.05) is 13.7 Å². The van der Waals surface area contributed by atoms with E-state index >= 15 is 0 Å². The Morgan fingerprint density at radius 1 is 1.35 bits per heavy atom. The van der Waals surface area contributed by atoms with E-state index in [1.54, 1.807) is 24.5 Å². The molecule has 1 saturated carbocycles. The van der Waals surface area contributed by atoms with Crippen LogP contribution in [-0.2, 0) is 5.41 Å². The molecule has 1 N–H and O–H groups in total. The maximum atomic E-state index is 12.2. The fourth-order valence-electron chi connectivity index (χ4n) is 2.36. The second-order valence-electron chi connectivity index (χ2n) is 5.17. The molecule has 104 valence electrons. The molecule has 0 radical (unpaired) electrons. The van der Waals surface area contributed by atoms with Crippen LogP contribution < -0.4 is 10.1 Å². The summed E-state index contributed by atoms with van der Waals surface area (Å²) >= 11 is 1.77. The van der Waals surface area contributed by atoms with E-state index in [0.717, 1.165) is 12.8 Å². The summed E-state index contributed by atoms with van der Waals surface area (Å²) in [5.74, 6) is 0.670. The van der Waals surface area contributed by atoms with Crippen LogP contribution in [0.15, 0.2) is 41.8 Å². The zero-order chi connectivity index (χ0) is 14.0. The first kappa shape index (κ1) is 13.2. The Labute approximate surface area is 122 Å². The van der Waals surface area contributed by atoms with Gasteiger partial charge in [0.05, 0.1) is 7.11 Å². The van der Waals surface area contributed by atoms with Gasteiger partial charge in [0.1, 0.15) is 5.75 Å². The van der Waals surface area contributed by atoms with Crippen LogP contribution in [0.2, 0.25) is 0 Å². The summed E-state index contributed by atoms with van der Waals surface area (Å²) in [6.45, 7) is 0.712. The average molecular weight is 287 g/mol. The Kier molecular flexibility index (Phi) is 3.49. The van der Waals surface area contributed by atoms with Crippen LogP contribution in [0, 0.1) is 0 Å². The van der Waals surface area contributed by atoms with Gasteiger partial charge in [-0.3, -0.25) is 4.79 Å². The first-order valence-corrected chi connectivity index (χ1v) is 7.58. The predicted octanol–water partition coefficient (Wildman–Crippen LogP) is 3.22. The van der Waals surface area contributed by atoms with Crippen molar-refractivity contribution in [2.24, 2.45) is 0 Å². The zero-order valence-corrected chi connectivity index (χ0v) is 12.2. The van der Waals surface area contributed by atoms with Crippen LogP contribution >= 0.6 is 11.3 Å². The van der Waals surface area contributed by atoms with Gasteiger partial charge in [-0.2, -0.15) is 0 Å². The van der Waals surface area contributed by atoms with Gasteiger partial charge in [-0.15, -0.1) is 11.3 Å². The highest BCUT2D eigenvalue weighted by Crippen LogP contribution is 2.49. The molecule has 1 aliphatic rings. The van der Waals surface area contributed by atoms with Gasteiger partial charge in [-0.1, -0.05) is 12.1 Å². The molecule has 0 unspecified atom stereocenters. The fraction of sp³-hybridized carbons (Fsp3) is 0.312. The maximum Gasteiger partial charge on any atom is 0.251 e. The summed E-state index contributed by atoms with van der Waals surface area (Å²) in [5.41, 5.74) is 0.828. The Bertz CT molecular complexity index is 603. The molecule has 1 amide bonds. The minimum absolute atomic E-state index is 0.0354. The number of thiophene rings is 1. The van der Waals surface area contributed by atoms with Crippen molar-refractivity contribution in [1.29, 1.82) is 0 Å². The van der Waals surface area contributed by atoms with Crippen molar-refractivity contribution >= 4 is 17.2 Å². The molecule has 1 aliphatic carbocycles. The van der Waals surface area contributed by atoms with E-state index in [4.69, 9.17) is 4.74 Å². The number of hydrogen-bond donors (Lipinski definition) is 1. The highest BCUT2D eigenvalue weighted by Gasteiger charge is 2.45. The molecule has 20 heavy (non-hydrogen) atoms. The molecule has 1 heterocycles. The lowest BCUT2D eigenvalue weighted by molar-refractivity contribution is 0.0949. The Morgan fingerprint density at radius 3 is 2.85 bits per heavy atom. The number of methoxy groups -OCH3 is 1. The average Bonchev–Trinajstić information content (AvgIpc) is 3.08. The number of hydrogen-bond acceptors (Lipinski definition) is 3. The van der Waals surface area contributed by atoms with Gasteiger partial charge in [0.2, 0.25) is 0 Å². The number of nitrogens with one attached hydrogen (secondary N) is 1. The Balaban J connectivity index is 1.65. The third-order valence-corrected chi connectivity index (χ3v) is 4.93. The van der Waals surface area contributed by atoms with E-state index in [1.807, 2.05) is 18.2 Å².